The van der Waals surface area contributed by atoms with Crippen LogP contribution in [0.3, 0.4) is 0 Å². The lowest BCUT2D eigenvalue weighted by atomic mass is 9.92. The summed E-state index contributed by atoms with van der Waals surface area (Å²) in [5, 5.41) is 2.70. The van der Waals surface area contributed by atoms with Crippen molar-refractivity contribution >= 4 is 28.5 Å². The van der Waals surface area contributed by atoms with Crippen molar-refractivity contribution in [3.63, 3.8) is 0 Å². The average Bonchev–Trinajstić information content (AvgIpc) is 2.83. The number of para-hydroxylation sites is 1. The SMILES string of the molecule is CNC(=O)C(C)(C)Cn1c(CCl)nc2c(OC)cccc21. The standard InChI is InChI=1S/C15H20ClN3O2/c1-15(2,14(20)17-3)9-19-10-6-5-7-11(21-4)13(10)18-12(19)8-16/h5-7H,8-9H2,1-4H3,(H,17,20). The molecule has 1 aromatic heterocycles. The fourth-order valence-corrected chi connectivity index (χ4v) is 2.62. The number of nitrogens with one attached hydrogen (secondary N) is 1. The first-order valence-electron chi connectivity index (χ1n) is 6.75. The van der Waals surface area contributed by atoms with Gasteiger partial charge in [-0.15, -0.1) is 11.6 Å². The number of carbonyl (C=O) groups excluding carboxylic acids is 1. The van der Waals surface area contributed by atoms with Gasteiger partial charge in [-0.1, -0.05) is 6.07 Å². The van der Waals surface area contributed by atoms with Crippen LogP contribution in [0.15, 0.2) is 18.2 Å². The molecule has 114 valence electrons. The number of alkyl halides is 1. The third-order valence-corrected chi connectivity index (χ3v) is 3.79. The van der Waals surface area contributed by atoms with Crippen molar-refractivity contribution in [3.05, 3.63) is 24.0 Å². The van der Waals surface area contributed by atoms with Crippen LogP contribution in [0.5, 0.6) is 5.75 Å². The van der Waals surface area contributed by atoms with E-state index in [0.29, 0.717) is 12.3 Å². The highest BCUT2D eigenvalue weighted by atomic mass is 35.5. The van der Waals surface area contributed by atoms with E-state index < -0.39 is 5.41 Å². The fraction of sp³-hybridized carbons (Fsp3) is 0.467. The number of ether oxygens (including phenoxy) is 1. The van der Waals surface area contributed by atoms with E-state index in [0.717, 1.165) is 16.9 Å². The summed E-state index contributed by atoms with van der Waals surface area (Å²) in [4.78, 5) is 16.6. The van der Waals surface area contributed by atoms with Crippen LogP contribution < -0.4 is 10.1 Å². The van der Waals surface area contributed by atoms with Gasteiger partial charge in [0.25, 0.3) is 0 Å². The van der Waals surface area contributed by atoms with E-state index in [9.17, 15) is 4.79 Å². The van der Waals surface area contributed by atoms with E-state index >= 15 is 0 Å². The Morgan fingerprint density at radius 1 is 1.48 bits per heavy atom. The summed E-state index contributed by atoms with van der Waals surface area (Å²) in [5.74, 6) is 1.69. The minimum absolute atomic E-state index is 0.0206. The Labute approximate surface area is 129 Å². The molecule has 0 aliphatic carbocycles. The predicted molar refractivity (Wildman–Crippen MR) is 83.7 cm³/mol. The van der Waals surface area contributed by atoms with Gasteiger partial charge in [-0.2, -0.15) is 0 Å². The zero-order valence-corrected chi connectivity index (χ0v) is 13.5. The molecule has 6 heteroatoms. The normalized spacial score (nSPS) is 11.7. The van der Waals surface area contributed by atoms with Gasteiger partial charge in [-0.25, -0.2) is 4.98 Å². The Balaban J connectivity index is 2.55. The van der Waals surface area contributed by atoms with Crippen molar-refractivity contribution in [3.8, 4) is 5.75 Å². The summed E-state index contributed by atoms with van der Waals surface area (Å²) in [5.41, 5.74) is 1.12. The number of nitrogens with zero attached hydrogens (tertiary/aromatic N) is 2. The fourth-order valence-electron chi connectivity index (χ4n) is 2.42. The van der Waals surface area contributed by atoms with Crippen LogP contribution in [0.1, 0.15) is 19.7 Å². The molecular formula is C15H20ClN3O2. The number of carbonyl (C=O) groups is 1. The van der Waals surface area contributed by atoms with Gasteiger partial charge in [0.05, 0.1) is 23.9 Å². The van der Waals surface area contributed by atoms with Crippen molar-refractivity contribution in [2.45, 2.75) is 26.3 Å². The lowest BCUT2D eigenvalue weighted by molar-refractivity contribution is -0.129. The van der Waals surface area contributed by atoms with Crippen molar-refractivity contribution in [2.75, 3.05) is 14.2 Å². The third-order valence-electron chi connectivity index (χ3n) is 3.56. The molecule has 0 saturated heterocycles. The molecule has 1 amide bonds. The molecule has 0 atom stereocenters. The number of aromatic nitrogens is 2. The molecule has 21 heavy (non-hydrogen) atoms. The highest BCUT2D eigenvalue weighted by Crippen LogP contribution is 2.29. The van der Waals surface area contributed by atoms with Gasteiger partial charge in [-0.05, 0) is 26.0 Å². The quantitative estimate of drug-likeness (QED) is 0.864. The Morgan fingerprint density at radius 2 is 2.19 bits per heavy atom. The number of imidazole rings is 1. The van der Waals surface area contributed by atoms with Crippen molar-refractivity contribution in [2.24, 2.45) is 5.41 Å². The maximum Gasteiger partial charge on any atom is 0.227 e. The first-order chi connectivity index (χ1) is 9.94. The molecule has 0 fully saturated rings. The maximum atomic E-state index is 12.0. The zero-order chi connectivity index (χ0) is 15.6. The first kappa shape index (κ1) is 15.6. The molecule has 1 heterocycles. The summed E-state index contributed by atoms with van der Waals surface area (Å²) in [6.07, 6.45) is 0. The van der Waals surface area contributed by atoms with E-state index in [1.165, 1.54) is 0 Å². The minimum Gasteiger partial charge on any atom is -0.494 e. The Hall–Kier alpha value is -1.75. The molecule has 0 aliphatic rings. The minimum atomic E-state index is -0.563. The lowest BCUT2D eigenvalue weighted by Gasteiger charge is -2.24. The van der Waals surface area contributed by atoms with E-state index in [2.05, 4.69) is 10.3 Å². The molecule has 1 N–H and O–H groups in total. The summed E-state index contributed by atoms with van der Waals surface area (Å²) in [7, 11) is 3.25. The van der Waals surface area contributed by atoms with Gasteiger partial charge >= 0.3 is 0 Å². The Morgan fingerprint density at radius 3 is 2.76 bits per heavy atom. The van der Waals surface area contributed by atoms with E-state index in [1.54, 1.807) is 14.2 Å². The number of hydrogen-bond donors (Lipinski definition) is 1. The van der Waals surface area contributed by atoms with Gasteiger partial charge in [0, 0.05) is 13.6 Å². The molecular weight excluding hydrogens is 290 g/mol. The molecule has 2 aromatic rings. The van der Waals surface area contributed by atoms with Crippen molar-refractivity contribution in [1.29, 1.82) is 0 Å². The van der Waals surface area contributed by atoms with Crippen LogP contribution in [0, 0.1) is 5.41 Å². The van der Waals surface area contributed by atoms with E-state index in [-0.39, 0.29) is 11.8 Å². The number of hydrogen-bond acceptors (Lipinski definition) is 3. The number of rotatable bonds is 5. The van der Waals surface area contributed by atoms with Crippen molar-refractivity contribution in [1.82, 2.24) is 14.9 Å². The average molecular weight is 310 g/mol. The molecule has 2 rings (SSSR count). The number of benzene rings is 1. The van der Waals surface area contributed by atoms with E-state index in [1.807, 2.05) is 36.6 Å². The second-order valence-corrected chi connectivity index (χ2v) is 5.81. The molecule has 0 aliphatic heterocycles. The predicted octanol–water partition coefficient (Wildman–Crippen LogP) is 2.56. The molecule has 0 radical (unpaired) electrons. The second kappa shape index (κ2) is 5.93. The highest BCUT2D eigenvalue weighted by Gasteiger charge is 2.29. The Kier molecular flexibility index (Phi) is 4.42. The molecule has 0 saturated carbocycles. The highest BCUT2D eigenvalue weighted by molar-refractivity contribution is 6.16. The maximum absolute atomic E-state index is 12.0. The van der Waals surface area contributed by atoms with Crippen LogP contribution in [0.2, 0.25) is 0 Å². The second-order valence-electron chi connectivity index (χ2n) is 5.54. The van der Waals surface area contributed by atoms with Gasteiger partial charge in [0.1, 0.15) is 17.1 Å². The Bertz CT molecular complexity index is 664. The van der Waals surface area contributed by atoms with Gasteiger partial charge < -0.3 is 14.6 Å². The third kappa shape index (κ3) is 2.83. The largest absolute Gasteiger partial charge is 0.494 e. The number of fused-ring (bicyclic) bond motifs is 1. The van der Waals surface area contributed by atoms with Gasteiger partial charge in [-0.3, -0.25) is 4.79 Å². The molecule has 0 unspecified atom stereocenters. The van der Waals surface area contributed by atoms with E-state index in [4.69, 9.17) is 16.3 Å². The molecule has 1 aromatic carbocycles. The van der Waals surface area contributed by atoms with Crippen LogP contribution in [-0.4, -0.2) is 29.6 Å². The molecule has 5 nitrogen and oxygen atoms in total. The summed E-state index contributed by atoms with van der Waals surface area (Å²) in [6.45, 7) is 4.30. The van der Waals surface area contributed by atoms with Gasteiger partial charge in [0.2, 0.25) is 5.91 Å². The summed E-state index contributed by atoms with van der Waals surface area (Å²) < 4.78 is 7.33. The smallest absolute Gasteiger partial charge is 0.227 e. The van der Waals surface area contributed by atoms with Crippen LogP contribution in [0.25, 0.3) is 11.0 Å². The zero-order valence-electron chi connectivity index (χ0n) is 12.7. The van der Waals surface area contributed by atoms with Gasteiger partial charge in [0.15, 0.2) is 0 Å². The number of amides is 1. The number of methoxy groups -OCH3 is 1. The summed E-state index contributed by atoms with van der Waals surface area (Å²) >= 11 is 6.02. The monoisotopic (exact) mass is 309 g/mol. The topological polar surface area (TPSA) is 56.2 Å². The van der Waals surface area contributed by atoms with Crippen molar-refractivity contribution < 1.29 is 9.53 Å². The summed E-state index contributed by atoms with van der Waals surface area (Å²) in [6, 6.07) is 5.73. The number of halogens is 1. The lowest BCUT2D eigenvalue weighted by Crippen LogP contribution is -2.38. The first-order valence-corrected chi connectivity index (χ1v) is 7.28. The molecule has 0 spiro atoms. The molecule has 0 bridgehead atoms. The van der Waals surface area contributed by atoms with Crippen LogP contribution >= 0.6 is 11.6 Å². The van der Waals surface area contributed by atoms with Crippen LogP contribution in [0.4, 0.5) is 0 Å². The van der Waals surface area contributed by atoms with Crippen LogP contribution in [-0.2, 0) is 17.2 Å².